The first-order valence-corrected chi connectivity index (χ1v) is 16.2. The van der Waals surface area contributed by atoms with Gasteiger partial charge in [0.15, 0.2) is 0 Å². The second-order valence-corrected chi connectivity index (χ2v) is 12.1. The van der Waals surface area contributed by atoms with Gasteiger partial charge < -0.3 is 9.32 Å². The highest BCUT2D eigenvalue weighted by atomic mass is 16.3. The van der Waals surface area contributed by atoms with Crippen molar-refractivity contribution in [3.63, 3.8) is 0 Å². The normalized spacial score (nSPS) is 11.3. The summed E-state index contributed by atoms with van der Waals surface area (Å²) in [7, 11) is 0. The summed E-state index contributed by atoms with van der Waals surface area (Å²) in [6.07, 6.45) is 3.64. The highest BCUT2D eigenvalue weighted by Gasteiger charge is 2.15. The zero-order chi connectivity index (χ0) is 31.9. The molecule has 0 aliphatic heterocycles. The molecular weight excluding hydrogens is 585 g/mol. The quantitative estimate of drug-likeness (QED) is 0.187. The smallest absolute Gasteiger partial charge is 0.138 e. The van der Waals surface area contributed by atoms with Crippen LogP contribution in [0.15, 0.2) is 187 Å². The van der Waals surface area contributed by atoms with E-state index < -0.39 is 0 Å². The van der Waals surface area contributed by atoms with Crippen LogP contribution in [0.2, 0.25) is 0 Å². The van der Waals surface area contributed by atoms with Gasteiger partial charge in [0.1, 0.15) is 11.2 Å². The Balaban J connectivity index is 1.09. The molecule has 0 atom stereocenters. The van der Waals surface area contributed by atoms with Crippen molar-refractivity contribution >= 4 is 49.8 Å². The molecule has 9 aromatic rings. The molecule has 0 amide bonds. The standard InChI is InChI=1S/C45H30N2O/c1-2-6-31(7-3-1)33-12-19-39(20-13-33)47(40-21-14-34(15-22-40)37-11-10-32-8-4-5-9-36(32)28-37)41-23-16-35(17-24-41)38-18-25-44-42(29-38)43-30-46-27-26-45(43)48-44/h1-30H. The molecule has 0 radical (unpaired) electrons. The van der Waals surface area contributed by atoms with Crippen molar-refractivity contribution in [1.29, 1.82) is 0 Å². The van der Waals surface area contributed by atoms with Crippen LogP contribution in [0.5, 0.6) is 0 Å². The lowest BCUT2D eigenvalue weighted by atomic mass is 10.0. The van der Waals surface area contributed by atoms with Crippen LogP contribution in [-0.2, 0) is 0 Å². The van der Waals surface area contributed by atoms with Crippen LogP contribution in [0.3, 0.4) is 0 Å². The van der Waals surface area contributed by atoms with Crippen LogP contribution in [0.4, 0.5) is 17.1 Å². The van der Waals surface area contributed by atoms with Crippen LogP contribution in [0.25, 0.3) is 66.1 Å². The van der Waals surface area contributed by atoms with Gasteiger partial charge in [-0.25, -0.2) is 0 Å². The molecule has 0 spiro atoms. The van der Waals surface area contributed by atoms with Gasteiger partial charge in [-0.1, -0.05) is 109 Å². The summed E-state index contributed by atoms with van der Waals surface area (Å²) < 4.78 is 6.04. The molecule has 0 aliphatic carbocycles. The SMILES string of the molecule is c1ccc(-c2ccc(N(c3ccc(-c4ccc5ccccc5c4)cc3)c3ccc(-c4ccc5oc6ccncc6c5c4)cc3)cc2)cc1. The third-order valence-electron chi connectivity index (χ3n) is 9.17. The second kappa shape index (κ2) is 11.7. The van der Waals surface area contributed by atoms with Gasteiger partial charge in [0, 0.05) is 40.2 Å². The molecule has 3 nitrogen and oxygen atoms in total. The molecule has 0 saturated heterocycles. The molecular formula is C45H30N2O. The van der Waals surface area contributed by atoms with Crippen LogP contribution in [0, 0.1) is 0 Å². The highest BCUT2D eigenvalue weighted by Crippen LogP contribution is 2.39. The van der Waals surface area contributed by atoms with Crippen molar-refractivity contribution in [2.24, 2.45) is 0 Å². The number of pyridine rings is 1. The molecule has 0 bridgehead atoms. The number of fused-ring (bicyclic) bond motifs is 4. The molecule has 0 fully saturated rings. The molecule has 3 heteroatoms. The van der Waals surface area contributed by atoms with E-state index in [2.05, 4.69) is 174 Å². The molecule has 48 heavy (non-hydrogen) atoms. The monoisotopic (exact) mass is 614 g/mol. The Morgan fingerprint density at radius 1 is 0.375 bits per heavy atom. The Morgan fingerprint density at radius 3 is 1.54 bits per heavy atom. The molecule has 0 aliphatic rings. The number of aromatic nitrogens is 1. The zero-order valence-corrected chi connectivity index (χ0v) is 26.1. The summed E-state index contributed by atoms with van der Waals surface area (Å²) >= 11 is 0. The van der Waals surface area contributed by atoms with E-state index in [1.807, 2.05) is 12.3 Å². The van der Waals surface area contributed by atoms with Gasteiger partial charge in [-0.2, -0.15) is 0 Å². The molecule has 226 valence electrons. The fraction of sp³-hybridized carbons (Fsp3) is 0. The van der Waals surface area contributed by atoms with Gasteiger partial charge in [-0.05, 0) is 105 Å². The maximum atomic E-state index is 6.04. The van der Waals surface area contributed by atoms with Gasteiger partial charge in [-0.15, -0.1) is 0 Å². The van der Waals surface area contributed by atoms with Crippen molar-refractivity contribution < 1.29 is 4.42 Å². The minimum Gasteiger partial charge on any atom is -0.456 e. The fourth-order valence-corrected chi connectivity index (χ4v) is 6.66. The lowest BCUT2D eigenvalue weighted by molar-refractivity contribution is 0.668. The molecule has 0 N–H and O–H groups in total. The van der Waals surface area contributed by atoms with E-state index in [9.17, 15) is 0 Å². The summed E-state index contributed by atoms with van der Waals surface area (Å²) in [5.74, 6) is 0. The minimum atomic E-state index is 0.855. The predicted octanol–water partition coefficient (Wildman–Crippen LogP) is 12.6. The van der Waals surface area contributed by atoms with Crippen molar-refractivity contribution in [1.82, 2.24) is 4.98 Å². The largest absolute Gasteiger partial charge is 0.456 e. The first-order valence-electron chi connectivity index (χ1n) is 16.2. The Kier molecular flexibility index (Phi) is 6.80. The number of nitrogens with zero attached hydrogens (tertiary/aromatic N) is 2. The molecule has 9 rings (SSSR count). The number of benzene rings is 7. The average Bonchev–Trinajstić information content (AvgIpc) is 3.54. The molecule has 0 unspecified atom stereocenters. The zero-order valence-electron chi connectivity index (χ0n) is 26.1. The Labute approximate surface area is 279 Å². The number of rotatable bonds is 6. The van der Waals surface area contributed by atoms with E-state index in [1.165, 1.54) is 33.0 Å². The van der Waals surface area contributed by atoms with Crippen LogP contribution in [0.1, 0.15) is 0 Å². The first-order chi connectivity index (χ1) is 23.8. The molecule has 2 aromatic heterocycles. The second-order valence-electron chi connectivity index (χ2n) is 12.1. The third-order valence-corrected chi connectivity index (χ3v) is 9.17. The van der Waals surface area contributed by atoms with Crippen LogP contribution < -0.4 is 4.90 Å². The topological polar surface area (TPSA) is 29.3 Å². The molecule has 0 saturated carbocycles. The lowest BCUT2D eigenvalue weighted by Crippen LogP contribution is -2.09. The van der Waals surface area contributed by atoms with E-state index in [1.54, 1.807) is 6.20 Å². The van der Waals surface area contributed by atoms with Crippen LogP contribution in [-0.4, -0.2) is 4.98 Å². The minimum absolute atomic E-state index is 0.855. The van der Waals surface area contributed by atoms with Crippen molar-refractivity contribution in [3.05, 3.63) is 182 Å². The number of anilines is 3. The first kappa shape index (κ1) is 27.8. The summed E-state index contributed by atoms with van der Waals surface area (Å²) in [6.45, 7) is 0. The molecule has 2 heterocycles. The summed E-state index contributed by atoms with van der Waals surface area (Å²) in [6, 6.07) is 60.5. The van der Waals surface area contributed by atoms with Gasteiger partial charge in [0.2, 0.25) is 0 Å². The van der Waals surface area contributed by atoms with Crippen LogP contribution >= 0.6 is 0 Å². The number of hydrogen-bond donors (Lipinski definition) is 0. The highest BCUT2D eigenvalue weighted by molar-refractivity contribution is 6.05. The van der Waals surface area contributed by atoms with Gasteiger partial charge in [-0.3, -0.25) is 4.98 Å². The van der Waals surface area contributed by atoms with E-state index in [0.29, 0.717) is 0 Å². The Bertz CT molecular complexity index is 2530. The summed E-state index contributed by atoms with van der Waals surface area (Å²) in [4.78, 5) is 6.64. The maximum absolute atomic E-state index is 6.04. The maximum Gasteiger partial charge on any atom is 0.138 e. The fourth-order valence-electron chi connectivity index (χ4n) is 6.66. The van der Waals surface area contributed by atoms with E-state index in [0.717, 1.165) is 50.1 Å². The van der Waals surface area contributed by atoms with Crippen molar-refractivity contribution in [2.45, 2.75) is 0 Å². The van der Waals surface area contributed by atoms with Crippen molar-refractivity contribution in [2.75, 3.05) is 4.90 Å². The summed E-state index contributed by atoms with van der Waals surface area (Å²) in [5.41, 5.74) is 12.1. The number of furan rings is 1. The lowest BCUT2D eigenvalue weighted by Gasteiger charge is -2.26. The van der Waals surface area contributed by atoms with Gasteiger partial charge >= 0.3 is 0 Å². The average molecular weight is 615 g/mol. The summed E-state index contributed by atoms with van der Waals surface area (Å²) in [5, 5.41) is 4.60. The molecule has 7 aromatic carbocycles. The van der Waals surface area contributed by atoms with Crippen molar-refractivity contribution in [3.8, 4) is 33.4 Å². The predicted molar refractivity (Wildman–Crippen MR) is 200 cm³/mol. The third kappa shape index (κ3) is 5.08. The van der Waals surface area contributed by atoms with E-state index in [-0.39, 0.29) is 0 Å². The Hall–Kier alpha value is -6.45. The van der Waals surface area contributed by atoms with Gasteiger partial charge in [0.05, 0.1) is 0 Å². The van der Waals surface area contributed by atoms with Gasteiger partial charge in [0.25, 0.3) is 0 Å². The number of hydrogen-bond acceptors (Lipinski definition) is 3. The van der Waals surface area contributed by atoms with E-state index in [4.69, 9.17) is 4.42 Å². The van der Waals surface area contributed by atoms with E-state index >= 15 is 0 Å². The Morgan fingerprint density at radius 2 is 0.875 bits per heavy atom.